The maximum absolute atomic E-state index is 13.7. The zero-order valence-corrected chi connectivity index (χ0v) is 12.1. The summed E-state index contributed by atoms with van der Waals surface area (Å²) in [6.07, 6.45) is -1.10. The van der Waals surface area contributed by atoms with Crippen LogP contribution in [0, 0.1) is 29.1 Å². The van der Waals surface area contributed by atoms with Crippen LogP contribution >= 0.6 is 0 Å². The zero-order valence-electron chi connectivity index (χ0n) is 12.1. The van der Waals surface area contributed by atoms with Crippen molar-refractivity contribution in [2.75, 3.05) is 6.54 Å². The number of rotatable bonds is 3. The van der Waals surface area contributed by atoms with E-state index in [0.29, 0.717) is 0 Å². The highest BCUT2D eigenvalue weighted by atomic mass is 19.2. The lowest BCUT2D eigenvalue weighted by Gasteiger charge is -2.23. The van der Waals surface area contributed by atoms with Crippen molar-refractivity contribution in [3.05, 3.63) is 34.6 Å². The average molecular weight is 326 g/mol. The molecule has 1 rings (SSSR count). The summed E-state index contributed by atoms with van der Waals surface area (Å²) in [6, 6.07) is -1.64. The standard InChI is InChI=1S/C13H15F5N2O2/c1-13(2,3)22-12(21)20-5(4-19)6-7(14)9(16)11(18)10(17)8(6)15/h5H,4,19H2,1-3H3,(H,20,21). The van der Waals surface area contributed by atoms with Crippen molar-refractivity contribution in [1.29, 1.82) is 0 Å². The van der Waals surface area contributed by atoms with Gasteiger partial charge in [0.25, 0.3) is 0 Å². The summed E-state index contributed by atoms with van der Waals surface area (Å²) >= 11 is 0. The Labute approximate surface area is 123 Å². The van der Waals surface area contributed by atoms with Crippen molar-refractivity contribution in [3.63, 3.8) is 0 Å². The topological polar surface area (TPSA) is 64.3 Å². The van der Waals surface area contributed by atoms with Gasteiger partial charge >= 0.3 is 6.09 Å². The van der Waals surface area contributed by atoms with E-state index in [0.717, 1.165) is 0 Å². The molecular formula is C13H15F5N2O2. The molecule has 0 bridgehead atoms. The fourth-order valence-corrected chi connectivity index (χ4v) is 1.63. The largest absolute Gasteiger partial charge is 0.444 e. The lowest BCUT2D eigenvalue weighted by Crippen LogP contribution is -2.38. The van der Waals surface area contributed by atoms with Crippen molar-refractivity contribution in [3.8, 4) is 0 Å². The number of alkyl carbamates (subject to hydrolysis) is 1. The van der Waals surface area contributed by atoms with Gasteiger partial charge in [-0.25, -0.2) is 26.7 Å². The smallest absolute Gasteiger partial charge is 0.408 e. The minimum Gasteiger partial charge on any atom is -0.444 e. The Morgan fingerprint density at radius 1 is 1.05 bits per heavy atom. The predicted molar refractivity (Wildman–Crippen MR) is 67.4 cm³/mol. The molecule has 1 atom stereocenters. The quantitative estimate of drug-likeness (QED) is 0.510. The molecule has 4 nitrogen and oxygen atoms in total. The highest BCUT2D eigenvalue weighted by Crippen LogP contribution is 2.27. The lowest BCUT2D eigenvalue weighted by atomic mass is 10.0. The van der Waals surface area contributed by atoms with Crippen LogP contribution in [0.1, 0.15) is 32.4 Å². The molecule has 0 radical (unpaired) electrons. The molecule has 0 heterocycles. The third kappa shape index (κ3) is 3.85. The summed E-state index contributed by atoms with van der Waals surface area (Å²) in [5, 5.41) is 1.97. The van der Waals surface area contributed by atoms with Crippen LogP contribution in [0.15, 0.2) is 0 Å². The molecule has 0 saturated heterocycles. The molecule has 0 fully saturated rings. The Balaban J connectivity index is 3.19. The Kier molecular flexibility index (Phi) is 5.34. The van der Waals surface area contributed by atoms with Gasteiger partial charge in [-0.05, 0) is 20.8 Å². The second-order valence-corrected chi connectivity index (χ2v) is 5.42. The summed E-state index contributed by atoms with van der Waals surface area (Å²) in [6.45, 7) is 3.99. The molecule has 0 aliphatic carbocycles. The van der Waals surface area contributed by atoms with E-state index in [1.54, 1.807) is 0 Å². The maximum Gasteiger partial charge on any atom is 0.408 e. The van der Waals surface area contributed by atoms with Gasteiger partial charge in [0.05, 0.1) is 11.6 Å². The number of halogens is 5. The minimum atomic E-state index is -2.29. The molecule has 0 saturated carbocycles. The maximum atomic E-state index is 13.7. The molecule has 0 aliphatic rings. The van der Waals surface area contributed by atoms with Crippen LogP contribution in [-0.2, 0) is 4.74 Å². The molecular weight excluding hydrogens is 311 g/mol. The Bertz CT molecular complexity index is 558. The number of amides is 1. The van der Waals surface area contributed by atoms with E-state index in [1.165, 1.54) is 20.8 Å². The molecule has 1 aromatic rings. The van der Waals surface area contributed by atoms with E-state index in [9.17, 15) is 26.7 Å². The number of nitrogens with one attached hydrogen (secondary N) is 1. The fraction of sp³-hybridized carbons (Fsp3) is 0.462. The van der Waals surface area contributed by atoms with E-state index in [4.69, 9.17) is 10.5 Å². The summed E-state index contributed by atoms with van der Waals surface area (Å²) < 4.78 is 71.5. The van der Waals surface area contributed by atoms with Gasteiger partial charge in [-0.15, -0.1) is 0 Å². The summed E-state index contributed by atoms with van der Waals surface area (Å²) in [4.78, 5) is 11.6. The molecule has 22 heavy (non-hydrogen) atoms. The van der Waals surface area contributed by atoms with Crippen LogP contribution in [0.25, 0.3) is 0 Å². The minimum absolute atomic E-state index is 0.600. The summed E-state index contributed by atoms with van der Waals surface area (Å²) in [5.41, 5.74) is 3.12. The van der Waals surface area contributed by atoms with Gasteiger partial charge in [0.1, 0.15) is 5.60 Å². The Morgan fingerprint density at radius 2 is 1.45 bits per heavy atom. The number of ether oxygens (including phenoxy) is 1. The Morgan fingerprint density at radius 3 is 1.82 bits per heavy atom. The van der Waals surface area contributed by atoms with E-state index in [-0.39, 0.29) is 0 Å². The van der Waals surface area contributed by atoms with E-state index in [1.807, 2.05) is 5.32 Å². The molecule has 0 aliphatic heterocycles. The fourth-order valence-electron chi connectivity index (χ4n) is 1.63. The average Bonchev–Trinajstić information content (AvgIpc) is 2.40. The first-order valence-corrected chi connectivity index (χ1v) is 6.20. The second-order valence-electron chi connectivity index (χ2n) is 5.42. The highest BCUT2D eigenvalue weighted by molar-refractivity contribution is 5.68. The van der Waals surface area contributed by atoms with Gasteiger partial charge in [0, 0.05) is 6.54 Å². The Hall–Kier alpha value is -1.90. The van der Waals surface area contributed by atoms with Crippen LogP contribution in [-0.4, -0.2) is 18.2 Å². The van der Waals surface area contributed by atoms with Crippen molar-refractivity contribution in [1.82, 2.24) is 5.32 Å². The lowest BCUT2D eigenvalue weighted by molar-refractivity contribution is 0.0503. The van der Waals surface area contributed by atoms with Crippen LogP contribution in [0.2, 0.25) is 0 Å². The molecule has 1 unspecified atom stereocenters. The predicted octanol–water partition coefficient (Wildman–Crippen LogP) is 2.91. The number of hydrogen-bond donors (Lipinski definition) is 2. The molecule has 3 N–H and O–H groups in total. The number of nitrogens with two attached hydrogens (primary N) is 1. The number of hydrogen-bond acceptors (Lipinski definition) is 3. The third-order valence-electron chi connectivity index (χ3n) is 2.52. The van der Waals surface area contributed by atoms with Crippen LogP contribution in [0.4, 0.5) is 26.7 Å². The third-order valence-corrected chi connectivity index (χ3v) is 2.52. The van der Waals surface area contributed by atoms with E-state index >= 15 is 0 Å². The highest BCUT2D eigenvalue weighted by Gasteiger charge is 2.31. The zero-order chi connectivity index (χ0) is 17.2. The van der Waals surface area contributed by atoms with Crippen LogP contribution in [0.3, 0.4) is 0 Å². The normalized spacial score (nSPS) is 13.0. The van der Waals surface area contributed by atoms with Gasteiger partial charge < -0.3 is 15.8 Å². The first kappa shape index (κ1) is 18.1. The van der Waals surface area contributed by atoms with Crippen LogP contribution in [0.5, 0.6) is 0 Å². The first-order chi connectivity index (χ1) is 9.99. The number of benzene rings is 1. The van der Waals surface area contributed by atoms with E-state index < -0.39 is 58.9 Å². The molecule has 1 amide bonds. The van der Waals surface area contributed by atoms with Gasteiger partial charge in [-0.1, -0.05) is 0 Å². The monoisotopic (exact) mass is 326 g/mol. The van der Waals surface area contributed by atoms with Gasteiger partial charge in [0.15, 0.2) is 23.3 Å². The van der Waals surface area contributed by atoms with E-state index in [2.05, 4.69) is 0 Å². The summed E-state index contributed by atoms with van der Waals surface area (Å²) in [5.74, 6) is -10.6. The van der Waals surface area contributed by atoms with Gasteiger partial charge in [-0.2, -0.15) is 0 Å². The van der Waals surface area contributed by atoms with Crippen molar-refractivity contribution < 1.29 is 31.5 Å². The van der Waals surface area contributed by atoms with Crippen molar-refractivity contribution in [2.24, 2.45) is 5.73 Å². The number of carbonyl (C=O) groups is 1. The second kappa shape index (κ2) is 6.47. The molecule has 124 valence electrons. The SMILES string of the molecule is CC(C)(C)OC(=O)NC(CN)c1c(F)c(F)c(F)c(F)c1F. The molecule has 9 heteroatoms. The van der Waals surface area contributed by atoms with Crippen molar-refractivity contribution >= 4 is 6.09 Å². The molecule has 0 aromatic heterocycles. The van der Waals surface area contributed by atoms with Gasteiger partial charge in [-0.3, -0.25) is 0 Å². The summed E-state index contributed by atoms with van der Waals surface area (Å²) in [7, 11) is 0. The van der Waals surface area contributed by atoms with Gasteiger partial charge in [0.2, 0.25) is 5.82 Å². The first-order valence-electron chi connectivity index (χ1n) is 6.20. The molecule has 1 aromatic carbocycles. The van der Waals surface area contributed by atoms with Crippen molar-refractivity contribution in [2.45, 2.75) is 32.4 Å². The van der Waals surface area contributed by atoms with Crippen LogP contribution < -0.4 is 11.1 Å². The number of carbonyl (C=O) groups excluding carboxylic acids is 1. The molecule has 0 spiro atoms.